The maximum Gasteiger partial charge on any atom is 0.190 e. The first-order valence-electron chi connectivity index (χ1n) is 5.53. The number of nitrogens with two attached hydrogens (primary N) is 1. The van der Waals surface area contributed by atoms with E-state index in [0.717, 1.165) is 5.69 Å². The lowest BCUT2D eigenvalue weighted by Gasteiger charge is -2.05. The van der Waals surface area contributed by atoms with Gasteiger partial charge in [-0.15, -0.1) is 0 Å². The fourth-order valence-corrected chi connectivity index (χ4v) is 1.55. The van der Waals surface area contributed by atoms with Gasteiger partial charge in [-0.05, 0) is 18.1 Å². The Hall–Kier alpha value is -1.75. The Kier molecular flexibility index (Phi) is 3.19. The highest BCUT2D eigenvalue weighted by molar-refractivity contribution is 5.30. The average Bonchev–Trinajstić information content (AvgIpc) is 2.78. The molecule has 0 unspecified atom stereocenters. The molecule has 0 aliphatic carbocycles. The molecular weight excluding hydrogens is 219 g/mol. The van der Waals surface area contributed by atoms with Crippen molar-refractivity contribution in [1.29, 1.82) is 0 Å². The largest absolute Gasteiger partial charge is 0.326 e. The third-order valence-corrected chi connectivity index (χ3v) is 2.59. The first-order valence-corrected chi connectivity index (χ1v) is 5.53. The predicted octanol–water partition coefficient (Wildman–Crippen LogP) is 1.99. The van der Waals surface area contributed by atoms with Crippen LogP contribution in [0.4, 0.5) is 4.39 Å². The van der Waals surface area contributed by atoms with Gasteiger partial charge in [-0.2, -0.15) is 5.10 Å². The molecule has 0 saturated carbocycles. The lowest BCUT2D eigenvalue weighted by Crippen LogP contribution is -2.08. The summed E-state index contributed by atoms with van der Waals surface area (Å²) in [5.41, 5.74) is 6.80. The van der Waals surface area contributed by atoms with Crippen LogP contribution in [-0.2, 0) is 6.54 Å². The van der Waals surface area contributed by atoms with Crippen molar-refractivity contribution in [3.05, 3.63) is 41.6 Å². The topological polar surface area (TPSA) is 56.7 Å². The summed E-state index contributed by atoms with van der Waals surface area (Å²) in [6, 6.07) is 3.44. The molecule has 2 aromatic heterocycles. The molecule has 2 aromatic rings. The van der Waals surface area contributed by atoms with Crippen molar-refractivity contribution in [2.24, 2.45) is 5.73 Å². The number of nitrogens with zero attached hydrogens (tertiary/aromatic N) is 3. The molecule has 0 spiro atoms. The second-order valence-corrected chi connectivity index (χ2v) is 4.15. The van der Waals surface area contributed by atoms with Crippen LogP contribution in [-0.4, -0.2) is 14.8 Å². The van der Waals surface area contributed by atoms with Crippen LogP contribution in [0.2, 0.25) is 0 Å². The molecule has 17 heavy (non-hydrogen) atoms. The van der Waals surface area contributed by atoms with Crippen LogP contribution in [0.5, 0.6) is 0 Å². The molecule has 4 nitrogen and oxygen atoms in total. The van der Waals surface area contributed by atoms with E-state index in [9.17, 15) is 4.39 Å². The van der Waals surface area contributed by atoms with Crippen LogP contribution in [0.3, 0.4) is 0 Å². The molecule has 0 fully saturated rings. The van der Waals surface area contributed by atoms with E-state index in [4.69, 9.17) is 5.73 Å². The van der Waals surface area contributed by atoms with Crippen molar-refractivity contribution < 1.29 is 4.39 Å². The van der Waals surface area contributed by atoms with Crippen LogP contribution in [0.25, 0.3) is 5.82 Å². The molecule has 0 saturated heterocycles. The normalized spacial score (nSPS) is 11.1. The van der Waals surface area contributed by atoms with Crippen molar-refractivity contribution in [3.8, 4) is 5.82 Å². The Morgan fingerprint density at radius 3 is 2.76 bits per heavy atom. The summed E-state index contributed by atoms with van der Waals surface area (Å²) in [7, 11) is 0. The average molecular weight is 234 g/mol. The van der Waals surface area contributed by atoms with Crippen LogP contribution in [0.15, 0.2) is 24.5 Å². The minimum absolute atomic E-state index is 0.152. The van der Waals surface area contributed by atoms with Gasteiger partial charge in [0.15, 0.2) is 11.6 Å². The molecule has 0 aliphatic heterocycles. The molecule has 0 amide bonds. The van der Waals surface area contributed by atoms with Gasteiger partial charge >= 0.3 is 0 Å². The quantitative estimate of drug-likeness (QED) is 0.883. The van der Waals surface area contributed by atoms with E-state index < -0.39 is 5.82 Å². The number of rotatable bonds is 3. The summed E-state index contributed by atoms with van der Waals surface area (Å²) in [4.78, 5) is 4.00. The molecule has 90 valence electrons. The van der Waals surface area contributed by atoms with Crippen molar-refractivity contribution in [2.75, 3.05) is 0 Å². The lowest BCUT2D eigenvalue weighted by molar-refractivity contribution is 0.583. The van der Waals surface area contributed by atoms with Gasteiger partial charge < -0.3 is 5.73 Å². The summed E-state index contributed by atoms with van der Waals surface area (Å²) in [5.74, 6) is 0.0882. The fourth-order valence-electron chi connectivity index (χ4n) is 1.55. The van der Waals surface area contributed by atoms with Crippen molar-refractivity contribution in [1.82, 2.24) is 14.8 Å². The first kappa shape index (κ1) is 11.7. The smallest absolute Gasteiger partial charge is 0.190 e. The summed E-state index contributed by atoms with van der Waals surface area (Å²) in [6.45, 7) is 4.22. The predicted molar refractivity (Wildman–Crippen MR) is 63.3 cm³/mol. The van der Waals surface area contributed by atoms with Gasteiger partial charge in [0.25, 0.3) is 0 Å². The summed E-state index contributed by atoms with van der Waals surface area (Å²) >= 11 is 0. The molecule has 0 aromatic carbocycles. The van der Waals surface area contributed by atoms with Crippen LogP contribution in [0.1, 0.15) is 31.0 Å². The van der Waals surface area contributed by atoms with Crippen molar-refractivity contribution in [2.45, 2.75) is 26.3 Å². The summed E-state index contributed by atoms with van der Waals surface area (Å²) < 4.78 is 15.4. The minimum atomic E-state index is -0.409. The highest BCUT2D eigenvalue weighted by Crippen LogP contribution is 2.16. The molecular formula is C12H15FN4. The van der Waals surface area contributed by atoms with Gasteiger partial charge in [0.1, 0.15) is 0 Å². The Morgan fingerprint density at radius 2 is 2.18 bits per heavy atom. The molecule has 0 aliphatic rings. The zero-order valence-corrected chi connectivity index (χ0v) is 9.89. The highest BCUT2D eigenvalue weighted by atomic mass is 19.1. The van der Waals surface area contributed by atoms with Crippen molar-refractivity contribution in [3.63, 3.8) is 0 Å². The van der Waals surface area contributed by atoms with E-state index in [-0.39, 0.29) is 12.4 Å². The Morgan fingerprint density at radius 1 is 1.41 bits per heavy atom. The number of hydrogen-bond donors (Lipinski definition) is 1. The maximum absolute atomic E-state index is 14.0. The standard InChI is InChI=1S/C12H15FN4/c1-8(2)10-4-6-17(16-10)12-11(13)9(7-14)3-5-15-12/h3-6,8H,7,14H2,1-2H3. The summed E-state index contributed by atoms with van der Waals surface area (Å²) in [6.07, 6.45) is 3.25. The SMILES string of the molecule is CC(C)c1ccn(-c2nccc(CN)c2F)n1. The second-order valence-electron chi connectivity index (χ2n) is 4.15. The highest BCUT2D eigenvalue weighted by Gasteiger charge is 2.12. The zero-order chi connectivity index (χ0) is 12.4. The van der Waals surface area contributed by atoms with Crippen LogP contribution < -0.4 is 5.73 Å². The van der Waals surface area contributed by atoms with Gasteiger partial charge in [0.05, 0.1) is 5.69 Å². The zero-order valence-electron chi connectivity index (χ0n) is 9.89. The number of halogens is 1. The third kappa shape index (κ3) is 2.19. The first-order chi connectivity index (χ1) is 8.13. The monoisotopic (exact) mass is 234 g/mol. The molecule has 2 rings (SSSR count). The molecule has 2 heterocycles. The molecule has 0 atom stereocenters. The maximum atomic E-state index is 14.0. The minimum Gasteiger partial charge on any atom is -0.326 e. The molecule has 5 heteroatoms. The van der Waals surface area contributed by atoms with Gasteiger partial charge in [-0.3, -0.25) is 0 Å². The van der Waals surface area contributed by atoms with E-state index in [2.05, 4.69) is 10.1 Å². The van der Waals surface area contributed by atoms with E-state index in [1.165, 1.54) is 10.9 Å². The van der Waals surface area contributed by atoms with E-state index in [1.807, 2.05) is 19.9 Å². The fraction of sp³-hybridized carbons (Fsp3) is 0.333. The van der Waals surface area contributed by atoms with E-state index in [1.54, 1.807) is 12.3 Å². The van der Waals surface area contributed by atoms with Crippen LogP contribution >= 0.6 is 0 Å². The van der Waals surface area contributed by atoms with Gasteiger partial charge in [0, 0.05) is 24.5 Å². The van der Waals surface area contributed by atoms with Gasteiger partial charge in [-0.25, -0.2) is 14.1 Å². The van der Waals surface area contributed by atoms with Crippen molar-refractivity contribution >= 4 is 0 Å². The van der Waals surface area contributed by atoms with Gasteiger partial charge in [0.2, 0.25) is 0 Å². The number of pyridine rings is 1. The third-order valence-electron chi connectivity index (χ3n) is 2.59. The molecule has 0 bridgehead atoms. The Bertz CT molecular complexity index is 519. The van der Waals surface area contributed by atoms with Crippen LogP contribution in [0, 0.1) is 5.82 Å². The molecule has 0 radical (unpaired) electrons. The second kappa shape index (κ2) is 4.63. The summed E-state index contributed by atoms with van der Waals surface area (Å²) in [5, 5.41) is 4.29. The number of aromatic nitrogens is 3. The lowest BCUT2D eigenvalue weighted by atomic mass is 10.1. The molecule has 2 N–H and O–H groups in total. The Labute approximate surface area is 99.3 Å². The van der Waals surface area contributed by atoms with Gasteiger partial charge in [-0.1, -0.05) is 13.8 Å². The number of hydrogen-bond acceptors (Lipinski definition) is 3. The van der Waals surface area contributed by atoms with E-state index >= 15 is 0 Å². The van der Waals surface area contributed by atoms with E-state index in [0.29, 0.717) is 11.5 Å². The Balaban J connectivity index is 2.45.